The van der Waals surface area contributed by atoms with Crippen LogP contribution >= 0.6 is 11.3 Å². The Hall–Kier alpha value is -2.71. The topological polar surface area (TPSA) is 85.2 Å². The van der Waals surface area contributed by atoms with Crippen LogP contribution in [0.5, 0.6) is 0 Å². The van der Waals surface area contributed by atoms with Crippen LogP contribution < -0.4 is 10.6 Å². The summed E-state index contributed by atoms with van der Waals surface area (Å²) in [7, 11) is 0. The van der Waals surface area contributed by atoms with Crippen LogP contribution in [0, 0.1) is 5.92 Å². The minimum Gasteiger partial charge on any atom is -0.379 e. The second-order valence-electron chi connectivity index (χ2n) is 10.5. The summed E-state index contributed by atoms with van der Waals surface area (Å²) in [6.07, 6.45) is 4.26. The van der Waals surface area contributed by atoms with Gasteiger partial charge >= 0.3 is 0 Å². The molecule has 0 aliphatic rings. The molecule has 1 atom stereocenters. The van der Waals surface area contributed by atoms with E-state index in [0.29, 0.717) is 31.2 Å². The largest absolute Gasteiger partial charge is 0.379 e. The van der Waals surface area contributed by atoms with Gasteiger partial charge in [0.1, 0.15) is 11.9 Å². The van der Waals surface area contributed by atoms with Crippen LogP contribution in [0.3, 0.4) is 0 Å². The van der Waals surface area contributed by atoms with Crippen molar-refractivity contribution < 1.29 is 14.3 Å². The summed E-state index contributed by atoms with van der Waals surface area (Å²) in [6.45, 7) is 13.6. The van der Waals surface area contributed by atoms with Gasteiger partial charge in [-0.3, -0.25) is 9.59 Å². The molecule has 2 aromatic heterocycles. The van der Waals surface area contributed by atoms with E-state index in [9.17, 15) is 9.59 Å². The Labute approximate surface area is 231 Å². The van der Waals surface area contributed by atoms with Crippen molar-refractivity contribution >= 4 is 34.2 Å². The molecule has 0 bridgehead atoms. The van der Waals surface area contributed by atoms with Crippen LogP contribution in [-0.2, 0) is 16.0 Å². The van der Waals surface area contributed by atoms with E-state index in [2.05, 4.69) is 60.4 Å². The van der Waals surface area contributed by atoms with Crippen LogP contribution in [0.15, 0.2) is 35.7 Å². The summed E-state index contributed by atoms with van der Waals surface area (Å²) >= 11 is 1.73. The molecule has 3 aromatic rings. The highest BCUT2D eigenvalue weighted by Gasteiger charge is 2.24. The number of hydrogen-bond acceptors (Lipinski definition) is 5. The first kappa shape index (κ1) is 29.8. The number of imidazole rings is 1. The molecular formula is C30H44N4O3S. The molecule has 208 valence electrons. The first-order chi connectivity index (χ1) is 18.2. The van der Waals surface area contributed by atoms with E-state index in [-0.39, 0.29) is 23.8 Å². The van der Waals surface area contributed by atoms with Crippen molar-refractivity contribution in [3.63, 3.8) is 0 Å². The molecule has 0 aliphatic carbocycles. The van der Waals surface area contributed by atoms with Gasteiger partial charge in [0.05, 0.1) is 17.1 Å². The molecule has 2 N–H and O–H groups in total. The summed E-state index contributed by atoms with van der Waals surface area (Å²) in [5.74, 6) is 0.863. The van der Waals surface area contributed by atoms with Gasteiger partial charge in [-0.25, -0.2) is 4.98 Å². The second kappa shape index (κ2) is 14.4. The summed E-state index contributed by atoms with van der Waals surface area (Å²) in [5.41, 5.74) is 2.37. The van der Waals surface area contributed by atoms with Gasteiger partial charge in [0.2, 0.25) is 5.91 Å². The van der Waals surface area contributed by atoms with Crippen LogP contribution in [0.1, 0.15) is 94.3 Å². The smallest absolute Gasteiger partial charge is 0.252 e. The zero-order valence-electron chi connectivity index (χ0n) is 23.8. The van der Waals surface area contributed by atoms with Gasteiger partial charge in [-0.2, -0.15) is 0 Å². The number of nitrogens with one attached hydrogen (secondary N) is 2. The molecule has 2 amide bonds. The monoisotopic (exact) mass is 540 g/mol. The fraction of sp³-hybridized carbons (Fsp3) is 0.567. The van der Waals surface area contributed by atoms with Crippen molar-refractivity contribution in [3.05, 3.63) is 52.0 Å². The number of aromatic nitrogens is 2. The van der Waals surface area contributed by atoms with Crippen molar-refractivity contribution in [1.82, 2.24) is 20.2 Å². The first-order valence-electron chi connectivity index (χ1n) is 14.0. The lowest BCUT2D eigenvalue weighted by atomic mass is 10.0. The van der Waals surface area contributed by atoms with E-state index in [0.717, 1.165) is 42.5 Å². The number of carbonyl (C=O) groups excluding carboxylic acids is 2. The highest BCUT2D eigenvalue weighted by Crippen LogP contribution is 2.28. The van der Waals surface area contributed by atoms with E-state index in [1.54, 1.807) is 11.3 Å². The van der Waals surface area contributed by atoms with Crippen LogP contribution in [0.4, 0.5) is 0 Å². The van der Waals surface area contributed by atoms with Crippen LogP contribution in [0.25, 0.3) is 11.0 Å². The third kappa shape index (κ3) is 8.14. The van der Waals surface area contributed by atoms with Crippen molar-refractivity contribution in [1.29, 1.82) is 0 Å². The number of fused-ring (bicyclic) bond motifs is 1. The average Bonchev–Trinajstić information content (AvgIpc) is 3.51. The first-order valence-corrected chi connectivity index (χ1v) is 14.8. The Balaban J connectivity index is 1.78. The normalized spacial score (nSPS) is 12.6. The number of carbonyl (C=O) groups is 2. The van der Waals surface area contributed by atoms with Gasteiger partial charge in [0.25, 0.3) is 5.91 Å². The Bertz CT molecular complexity index is 1170. The van der Waals surface area contributed by atoms with Crippen molar-refractivity contribution in [2.24, 2.45) is 5.92 Å². The number of nitrogens with zero attached hydrogens (tertiary/aromatic N) is 2. The minimum atomic E-state index is -0.597. The zero-order chi connectivity index (χ0) is 27.7. The Morgan fingerprint density at radius 2 is 1.87 bits per heavy atom. The molecule has 0 radical (unpaired) electrons. The van der Waals surface area contributed by atoms with Crippen molar-refractivity contribution in [3.8, 4) is 0 Å². The third-order valence-corrected chi connectivity index (χ3v) is 7.52. The number of benzene rings is 1. The molecule has 0 fully saturated rings. The second-order valence-corrected chi connectivity index (χ2v) is 11.6. The molecule has 3 rings (SSSR count). The number of rotatable bonds is 15. The molecule has 0 spiro atoms. The summed E-state index contributed by atoms with van der Waals surface area (Å²) in [6, 6.07) is 9.66. The standard InChI is InChI=1S/C30H44N4O3S/c1-7-23(8-2)34-27-13-12-22(18-25(27)32-28(34)19-24-11-9-16-38-24)29(35)33-26(17-20(3)4)30(36)31-14-10-15-37-21(5)6/h9,11-13,16,18,20-21,23,26H,7-8,10,14-15,17,19H2,1-6H3,(H,31,36)(H,33,35)/t26-/m0/s1. The highest BCUT2D eigenvalue weighted by molar-refractivity contribution is 7.09. The number of amides is 2. The predicted octanol–water partition coefficient (Wildman–Crippen LogP) is 6.13. The van der Waals surface area contributed by atoms with Crippen molar-refractivity contribution in [2.75, 3.05) is 13.2 Å². The average molecular weight is 541 g/mol. The molecule has 1 aromatic carbocycles. The molecule has 38 heavy (non-hydrogen) atoms. The summed E-state index contributed by atoms with van der Waals surface area (Å²) < 4.78 is 7.89. The number of thiophene rings is 1. The van der Waals surface area contributed by atoms with E-state index >= 15 is 0 Å². The molecule has 0 unspecified atom stereocenters. The highest BCUT2D eigenvalue weighted by atomic mass is 32.1. The van der Waals surface area contributed by atoms with E-state index in [4.69, 9.17) is 9.72 Å². The lowest BCUT2D eigenvalue weighted by Gasteiger charge is -2.20. The molecule has 0 saturated carbocycles. The quantitative estimate of drug-likeness (QED) is 0.227. The maximum absolute atomic E-state index is 13.3. The van der Waals surface area contributed by atoms with Gasteiger partial charge in [-0.15, -0.1) is 11.3 Å². The van der Waals surface area contributed by atoms with Gasteiger partial charge in [-0.1, -0.05) is 33.8 Å². The van der Waals surface area contributed by atoms with Gasteiger partial charge in [0.15, 0.2) is 0 Å². The fourth-order valence-corrected chi connectivity index (χ4v) is 5.42. The SMILES string of the molecule is CCC(CC)n1c(Cc2cccs2)nc2cc(C(=O)N[C@@H](CC(C)C)C(=O)NCCCOC(C)C)ccc21. The van der Waals surface area contributed by atoms with E-state index < -0.39 is 6.04 Å². The zero-order valence-corrected chi connectivity index (χ0v) is 24.6. The maximum Gasteiger partial charge on any atom is 0.252 e. The summed E-state index contributed by atoms with van der Waals surface area (Å²) in [5, 5.41) is 8.02. The Kier molecular flexibility index (Phi) is 11.3. The third-order valence-electron chi connectivity index (χ3n) is 6.65. The predicted molar refractivity (Wildman–Crippen MR) is 156 cm³/mol. The van der Waals surface area contributed by atoms with Gasteiger partial charge in [0, 0.05) is 36.1 Å². The molecule has 0 aliphatic heterocycles. The Morgan fingerprint density at radius 3 is 2.50 bits per heavy atom. The van der Waals surface area contributed by atoms with Gasteiger partial charge < -0.3 is 19.9 Å². The summed E-state index contributed by atoms with van der Waals surface area (Å²) in [4.78, 5) is 32.4. The Morgan fingerprint density at radius 1 is 1.11 bits per heavy atom. The van der Waals surface area contributed by atoms with Crippen LogP contribution in [0.2, 0.25) is 0 Å². The molecular weight excluding hydrogens is 496 g/mol. The van der Waals surface area contributed by atoms with Gasteiger partial charge in [-0.05, 0) is 75.1 Å². The van der Waals surface area contributed by atoms with Crippen molar-refractivity contribution in [2.45, 2.75) is 91.8 Å². The van der Waals surface area contributed by atoms with E-state index in [1.807, 2.05) is 32.0 Å². The number of hydrogen-bond donors (Lipinski definition) is 2. The number of ether oxygens (including phenoxy) is 1. The lowest BCUT2D eigenvalue weighted by Crippen LogP contribution is -2.47. The molecule has 7 nitrogen and oxygen atoms in total. The maximum atomic E-state index is 13.3. The van der Waals surface area contributed by atoms with E-state index in [1.165, 1.54) is 4.88 Å². The molecule has 2 heterocycles. The van der Waals surface area contributed by atoms with Crippen LogP contribution in [-0.4, -0.2) is 46.7 Å². The lowest BCUT2D eigenvalue weighted by molar-refractivity contribution is -0.123. The molecule has 0 saturated heterocycles. The molecule has 8 heteroatoms. The minimum absolute atomic E-state index is 0.158. The fourth-order valence-electron chi connectivity index (χ4n) is 4.72.